The Kier molecular flexibility index (Phi) is 4.27. The zero-order valence-corrected chi connectivity index (χ0v) is 14.6. The van der Waals surface area contributed by atoms with Gasteiger partial charge in [0.05, 0.1) is 16.9 Å². The largest absolute Gasteiger partial charge is 0.477 e. The molecule has 0 spiro atoms. The predicted molar refractivity (Wildman–Crippen MR) is 95.8 cm³/mol. The molecule has 0 aliphatic rings. The fourth-order valence-electron chi connectivity index (χ4n) is 2.58. The van der Waals surface area contributed by atoms with Gasteiger partial charge >= 0.3 is 12.1 Å². The third-order valence-electron chi connectivity index (χ3n) is 3.88. The van der Waals surface area contributed by atoms with Crippen molar-refractivity contribution < 1.29 is 23.1 Å². The van der Waals surface area contributed by atoms with E-state index in [0.717, 1.165) is 11.8 Å². The van der Waals surface area contributed by atoms with Crippen LogP contribution < -0.4 is 10.6 Å². The highest BCUT2D eigenvalue weighted by Crippen LogP contribution is 2.43. The second-order valence-electron chi connectivity index (χ2n) is 5.82. The van der Waals surface area contributed by atoms with Gasteiger partial charge < -0.3 is 15.7 Å². The van der Waals surface area contributed by atoms with Crippen LogP contribution in [0.25, 0.3) is 21.5 Å². The molecule has 0 aliphatic heterocycles. The molecule has 0 radical (unpaired) electrons. The van der Waals surface area contributed by atoms with Crippen molar-refractivity contribution in [2.24, 2.45) is 0 Å². The normalized spacial score (nSPS) is 11.7. The third-order valence-corrected chi connectivity index (χ3v) is 4.97. The summed E-state index contributed by atoms with van der Waals surface area (Å²) in [7, 11) is 3.70. The number of aromatic carboxylic acids is 1. The van der Waals surface area contributed by atoms with Gasteiger partial charge in [-0.1, -0.05) is 12.1 Å². The zero-order valence-electron chi connectivity index (χ0n) is 13.8. The molecule has 0 fully saturated rings. The van der Waals surface area contributed by atoms with Crippen molar-refractivity contribution in [3.63, 3.8) is 0 Å². The number of carbonyl (C=O) groups is 1. The Bertz CT molecular complexity index is 995. The molecule has 0 atom stereocenters. The smallest absolute Gasteiger partial charge is 0.417 e. The predicted octanol–water partition coefficient (Wildman–Crippen LogP) is 4.33. The number of pyridine rings is 1. The molecule has 0 saturated heterocycles. The summed E-state index contributed by atoms with van der Waals surface area (Å²) in [5, 5.41) is 8.78. The summed E-state index contributed by atoms with van der Waals surface area (Å²) in [6.45, 7) is 0. The van der Waals surface area contributed by atoms with Gasteiger partial charge in [-0.15, -0.1) is 11.3 Å². The molecule has 0 saturated carbocycles. The number of nitrogens with two attached hydrogens (primary N) is 1. The highest BCUT2D eigenvalue weighted by molar-refractivity contribution is 7.21. The summed E-state index contributed by atoms with van der Waals surface area (Å²) in [6.07, 6.45) is -4.69. The average molecular weight is 381 g/mol. The van der Waals surface area contributed by atoms with Crippen molar-refractivity contribution in [1.29, 1.82) is 0 Å². The maximum Gasteiger partial charge on any atom is 0.417 e. The Labute approximate surface area is 150 Å². The van der Waals surface area contributed by atoms with Crippen LogP contribution in [0.3, 0.4) is 0 Å². The molecule has 26 heavy (non-hydrogen) atoms. The first kappa shape index (κ1) is 18.0. The maximum absolute atomic E-state index is 13.5. The molecule has 3 N–H and O–H groups in total. The molecule has 1 aromatic carbocycles. The number of benzene rings is 1. The monoisotopic (exact) mass is 381 g/mol. The second kappa shape index (κ2) is 6.17. The number of fused-ring (bicyclic) bond motifs is 1. The van der Waals surface area contributed by atoms with Gasteiger partial charge in [-0.2, -0.15) is 13.2 Å². The first-order chi connectivity index (χ1) is 12.1. The van der Waals surface area contributed by atoms with Gasteiger partial charge in [0.1, 0.15) is 9.71 Å². The molecule has 9 heteroatoms. The van der Waals surface area contributed by atoms with E-state index in [1.165, 1.54) is 0 Å². The van der Waals surface area contributed by atoms with E-state index >= 15 is 0 Å². The number of aromatic nitrogens is 1. The van der Waals surface area contributed by atoms with Gasteiger partial charge in [-0.25, -0.2) is 9.78 Å². The topological polar surface area (TPSA) is 79.5 Å². The van der Waals surface area contributed by atoms with Crippen LogP contribution in [0.1, 0.15) is 15.2 Å². The molecule has 0 unspecified atom stereocenters. The first-order valence-electron chi connectivity index (χ1n) is 7.41. The molecule has 0 aliphatic carbocycles. The van der Waals surface area contributed by atoms with Gasteiger partial charge in [0.15, 0.2) is 0 Å². The number of thiophene rings is 1. The minimum absolute atomic E-state index is 0.0542. The van der Waals surface area contributed by atoms with Crippen LogP contribution in [0.2, 0.25) is 0 Å². The van der Waals surface area contributed by atoms with E-state index in [1.54, 1.807) is 24.3 Å². The van der Waals surface area contributed by atoms with Crippen LogP contribution in [0.4, 0.5) is 24.5 Å². The Hall–Kier alpha value is -2.81. The number of hydrogen-bond donors (Lipinski definition) is 2. The minimum Gasteiger partial charge on any atom is -0.477 e. The van der Waals surface area contributed by atoms with E-state index in [9.17, 15) is 18.0 Å². The number of anilines is 2. The molecule has 0 amide bonds. The van der Waals surface area contributed by atoms with Gasteiger partial charge in [0.25, 0.3) is 0 Å². The van der Waals surface area contributed by atoms with Crippen molar-refractivity contribution >= 4 is 38.9 Å². The van der Waals surface area contributed by atoms with Crippen molar-refractivity contribution in [2.45, 2.75) is 6.18 Å². The fraction of sp³-hybridized carbons (Fsp3) is 0.176. The lowest BCUT2D eigenvalue weighted by molar-refractivity contribution is -0.136. The number of rotatable bonds is 3. The Morgan fingerprint density at radius 2 is 1.85 bits per heavy atom. The lowest BCUT2D eigenvalue weighted by Gasteiger charge is -2.14. The van der Waals surface area contributed by atoms with Crippen LogP contribution in [-0.2, 0) is 6.18 Å². The van der Waals surface area contributed by atoms with E-state index in [-0.39, 0.29) is 20.8 Å². The minimum atomic E-state index is -4.69. The van der Waals surface area contributed by atoms with E-state index in [4.69, 9.17) is 10.8 Å². The van der Waals surface area contributed by atoms with E-state index in [0.29, 0.717) is 16.9 Å². The molecule has 136 valence electrons. The summed E-state index contributed by atoms with van der Waals surface area (Å²) in [5.41, 5.74) is 5.75. The molecule has 3 rings (SSSR count). The fourth-order valence-corrected chi connectivity index (χ4v) is 3.54. The number of carboxylic acid groups (broad SMARTS) is 1. The summed E-state index contributed by atoms with van der Waals surface area (Å²) >= 11 is 0.635. The number of nitrogens with zero attached hydrogens (tertiary/aromatic N) is 2. The van der Waals surface area contributed by atoms with Crippen LogP contribution in [0, 0.1) is 0 Å². The van der Waals surface area contributed by atoms with Gasteiger partial charge in [0, 0.05) is 30.7 Å². The average Bonchev–Trinajstić information content (AvgIpc) is 2.90. The summed E-state index contributed by atoms with van der Waals surface area (Å²) in [4.78, 5) is 16.9. The molecular weight excluding hydrogens is 367 g/mol. The SMILES string of the molecule is CN(C)c1ccc(-c2cc(C(F)(F)F)c3c(N)c(C(=O)O)sc3n2)cc1. The standard InChI is InChI=1S/C17H14F3N3O2S/c1-23(2)9-5-3-8(4-6-9)11-7-10(17(18,19)20)12-13(21)14(16(24)25)26-15(12)22-11/h3-7H,21H2,1-2H3,(H,24,25). The molecular formula is C17H14F3N3O2S. The number of alkyl halides is 3. The van der Waals surface area contributed by atoms with E-state index in [2.05, 4.69) is 4.98 Å². The quantitative estimate of drug-likeness (QED) is 0.706. The van der Waals surface area contributed by atoms with E-state index in [1.807, 2.05) is 19.0 Å². The van der Waals surface area contributed by atoms with Gasteiger partial charge in [0.2, 0.25) is 0 Å². The lowest BCUT2D eigenvalue weighted by Crippen LogP contribution is -2.08. The molecule has 0 bridgehead atoms. The first-order valence-corrected chi connectivity index (χ1v) is 8.22. The Morgan fingerprint density at radius 1 is 1.23 bits per heavy atom. The summed E-state index contributed by atoms with van der Waals surface area (Å²) < 4.78 is 40.6. The summed E-state index contributed by atoms with van der Waals surface area (Å²) in [6, 6.07) is 7.76. The van der Waals surface area contributed by atoms with Crippen molar-refractivity contribution in [3.8, 4) is 11.3 Å². The van der Waals surface area contributed by atoms with Crippen LogP contribution >= 0.6 is 11.3 Å². The van der Waals surface area contributed by atoms with Crippen molar-refractivity contribution in [1.82, 2.24) is 4.98 Å². The highest BCUT2D eigenvalue weighted by atomic mass is 32.1. The third kappa shape index (κ3) is 3.05. The maximum atomic E-state index is 13.5. The zero-order chi connectivity index (χ0) is 19.2. The Balaban J connectivity index is 2.26. The van der Waals surface area contributed by atoms with E-state index < -0.39 is 23.4 Å². The highest BCUT2D eigenvalue weighted by Gasteiger charge is 2.36. The van der Waals surface area contributed by atoms with Gasteiger partial charge in [-0.05, 0) is 18.2 Å². The molecule has 5 nitrogen and oxygen atoms in total. The van der Waals surface area contributed by atoms with Gasteiger partial charge in [-0.3, -0.25) is 0 Å². The second-order valence-corrected chi connectivity index (χ2v) is 6.82. The number of nitrogen functional groups attached to an aromatic ring is 1. The molecule has 2 heterocycles. The number of hydrogen-bond acceptors (Lipinski definition) is 5. The number of carboxylic acids is 1. The van der Waals surface area contributed by atoms with Crippen molar-refractivity contribution in [3.05, 3.63) is 40.8 Å². The summed E-state index contributed by atoms with van der Waals surface area (Å²) in [5.74, 6) is -1.38. The van der Waals surface area contributed by atoms with Crippen LogP contribution in [0.15, 0.2) is 30.3 Å². The van der Waals surface area contributed by atoms with Crippen molar-refractivity contribution in [2.75, 3.05) is 24.7 Å². The van der Waals surface area contributed by atoms with Crippen LogP contribution in [0.5, 0.6) is 0 Å². The van der Waals surface area contributed by atoms with Crippen LogP contribution in [-0.4, -0.2) is 30.2 Å². The number of halogens is 3. The Morgan fingerprint density at radius 3 is 2.35 bits per heavy atom. The lowest BCUT2D eigenvalue weighted by atomic mass is 10.0. The molecule has 2 aromatic heterocycles. The molecule has 3 aromatic rings.